The van der Waals surface area contributed by atoms with Crippen LogP contribution in [0.1, 0.15) is 13.8 Å². The average molecular weight is 884 g/mol. The summed E-state index contributed by atoms with van der Waals surface area (Å²) < 4.78 is 10.1. The summed E-state index contributed by atoms with van der Waals surface area (Å²) in [6, 6.07) is 38.8. The van der Waals surface area contributed by atoms with Crippen molar-refractivity contribution in [2.24, 2.45) is 28.2 Å². The zero-order chi connectivity index (χ0) is 44.1. The van der Waals surface area contributed by atoms with E-state index in [1.54, 1.807) is 24.3 Å². The van der Waals surface area contributed by atoms with Crippen LogP contribution in [0, 0.1) is 0 Å². The average Bonchev–Trinajstić information content (AvgIpc) is 3.95. The van der Waals surface area contributed by atoms with Gasteiger partial charge in [-0.3, -0.25) is 23.7 Å². The van der Waals surface area contributed by atoms with Crippen LogP contribution < -0.4 is 16.6 Å². The van der Waals surface area contributed by atoms with Gasteiger partial charge in [-0.25, -0.2) is 0 Å². The molecule has 0 saturated carbocycles. The van der Waals surface area contributed by atoms with E-state index in [2.05, 4.69) is 49.0 Å². The number of hydrogen-bond acceptors (Lipinski definition) is 6. The molecule has 62 heavy (non-hydrogen) atoms. The van der Waals surface area contributed by atoms with Crippen LogP contribution in [0.15, 0.2) is 143 Å². The minimum absolute atomic E-state index is 0. The molecule has 0 atom stereocenters. The van der Waals surface area contributed by atoms with Crippen LogP contribution >= 0.6 is 0 Å². The number of carboxylic acid groups (broad SMARTS) is 2. The fourth-order valence-corrected chi connectivity index (χ4v) is 7.34. The van der Waals surface area contributed by atoms with Crippen molar-refractivity contribution >= 4 is 90.2 Å². The summed E-state index contributed by atoms with van der Waals surface area (Å²) in [6.45, 7) is 2.17. The number of para-hydroxylation sites is 2. The van der Waals surface area contributed by atoms with Crippen LogP contribution in [0.2, 0.25) is 0 Å². The molecule has 0 aliphatic rings. The number of aromatic nitrogens is 6. The molecule has 14 nitrogen and oxygen atoms in total. The van der Waals surface area contributed by atoms with Crippen molar-refractivity contribution in [2.45, 2.75) is 13.8 Å². The van der Waals surface area contributed by atoms with E-state index in [1.807, 2.05) is 116 Å². The Morgan fingerprint density at radius 1 is 0.565 bits per heavy atom. The number of aryl methyl sites for hydroxylation is 4. The number of carboxylic acids is 2. The summed E-state index contributed by atoms with van der Waals surface area (Å²) in [6.07, 6.45) is 3.98. The third-order valence-corrected chi connectivity index (χ3v) is 10.1. The predicted octanol–water partition coefficient (Wildman–Crippen LogP) is 6.03. The number of aromatic amines is 1. The molecule has 0 spiro atoms. The van der Waals surface area contributed by atoms with E-state index in [0.29, 0.717) is 5.46 Å². The Balaban J connectivity index is 0.000000169. The molecule has 0 unspecified atom stereocenters. The summed E-state index contributed by atoms with van der Waals surface area (Å²) in [5.41, 5.74) is 9.83. The Kier molecular flexibility index (Phi) is 14.5. The summed E-state index contributed by atoms with van der Waals surface area (Å²) in [7, 11) is 6.64. The second kappa shape index (κ2) is 19.5. The first kappa shape index (κ1) is 46.0. The molecule has 0 saturated heterocycles. The number of fused-ring (bicyclic) bond motifs is 8. The molecular weight excluding hydrogens is 839 g/mol. The van der Waals surface area contributed by atoms with Gasteiger partial charge in [-0.15, -0.1) is 0 Å². The molecule has 1 radical (unpaired) electrons. The largest absolute Gasteiger partial charge is 0.488 e. The van der Waals surface area contributed by atoms with Crippen molar-refractivity contribution < 1.29 is 46.9 Å². The third-order valence-electron chi connectivity index (χ3n) is 10.1. The van der Waals surface area contributed by atoms with Gasteiger partial charge in [0, 0.05) is 111 Å². The van der Waals surface area contributed by atoms with Gasteiger partial charge in [0.15, 0.2) is 0 Å². The standard InChI is InChI=1S/C21H17N3O.C12H10N2O.C9H10BNO2.2C2H4O2.Cu/c1-22-12-11-14-13-15(7-8-17(14)22)24-20(25)10-9-19-21(24)16-5-3-4-6-18(16)23(19)2;1-14-9-5-3-2-4-8(9)12-10(14)6-7-11(15)13-12;1-11-5-4-7-6-8(10(12)13)2-3-9(7)11;2*1-2(3)4;/h3-13H,1-2H3;2-7H,1H3,(H,13,15);2-6,12-13H,1H3;2*1H3,(H,3,4);. The van der Waals surface area contributed by atoms with Crippen LogP contribution in [0.25, 0.3) is 71.4 Å². The molecule has 4 aromatic carbocycles. The number of rotatable bonds is 2. The van der Waals surface area contributed by atoms with Gasteiger partial charge < -0.3 is 43.5 Å². The first-order chi connectivity index (χ1) is 29.1. The molecule has 16 heteroatoms. The molecule has 321 valence electrons. The fourth-order valence-electron chi connectivity index (χ4n) is 7.34. The zero-order valence-electron chi connectivity index (χ0n) is 34.7. The van der Waals surface area contributed by atoms with Crippen molar-refractivity contribution in [3.05, 3.63) is 154 Å². The SMILES string of the molecule is CC(=O)O.CC(=O)O.Cn1c2ccccc2c2[nH]c(=O)ccc21.Cn1ccc2cc(-n3c(=O)ccc4c3c3ccccc3n4C)ccc21.Cn1ccc2cc(B(O)O)ccc21.[Cu]. The first-order valence-corrected chi connectivity index (χ1v) is 19.1. The van der Waals surface area contributed by atoms with Gasteiger partial charge in [0.1, 0.15) is 0 Å². The summed E-state index contributed by atoms with van der Waals surface area (Å²) in [4.78, 5) is 44.9. The molecule has 0 aliphatic heterocycles. The van der Waals surface area contributed by atoms with Gasteiger partial charge in [0.25, 0.3) is 17.5 Å². The first-order valence-electron chi connectivity index (χ1n) is 19.1. The van der Waals surface area contributed by atoms with E-state index in [-0.39, 0.29) is 28.2 Å². The van der Waals surface area contributed by atoms with Crippen molar-refractivity contribution in [1.29, 1.82) is 0 Å². The van der Waals surface area contributed by atoms with Gasteiger partial charge in [-0.2, -0.15) is 0 Å². The van der Waals surface area contributed by atoms with E-state index in [4.69, 9.17) is 29.9 Å². The molecule has 0 bridgehead atoms. The maximum atomic E-state index is 12.8. The number of nitrogens with zero attached hydrogens (tertiary/aromatic N) is 5. The molecular formula is C46H45BCuN6O8. The molecule has 5 N–H and O–H groups in total. The van der Waals surface area contributed by atoms with Crippen molar-refractivity contribution in [3.63, 3.8) is 0 Å². The molecule has 10 aromatic rings. The molecule has 6 heterocycles. The molecule has 0 fully saturated rings. The van der Waals surface area contributed by atoms with Gasteiger partial charge >= 0.3 is 7.12 Å². The summed E-state index contributed by atoms with van der Waals surface area (Å²) >= 11 is 0. The maximum Gasteiger partial charge on any atom is 0.488 e. The second-order valence-electron chi connectivity index (χ2n) is 14.3. The van der Waals surface area contributed by atoms with Gasteiger partial charge in [-0.1, -0.05) is 48.5 Å². The van der Waals surface area contributed by atoms with E-state index in [0.717, 1.165) is 85.2 Å². The minimum atomic E-state index is -1.38. The van der Waals surface area contributed by atoms with E-state index in [9.17, 15) is 9.59 Å². The van der Waals surface area contributed by atoms with Crippen molar-refractivity contribution in [2.75, 3.05) is 0 Å². The zero-order valence-corrected chi connectivity index (χ0v) is 35.7. The van der Waals surface area contributed by atoms with Crippen LogP contribution in [0.5, 0.6) is 0 Å². The Hall–Kier alpha value is -7.10. The maximum absolute atomic E-state index is 12.8. The molecule has 6 aromatic heterocycles. The normalized spacial score (nSPS) is 10.5. The smallest absolute Gasteiger partial charge is 0.481 e. The second-order valence-corrected chi connectivity index (χ2v) is 14.3. The Labute approximate surface area is 365 Å². The van der Waals surface area contributed by atoms with Crippen LogP contribution in [-0.2, 0) is 54.8 Å². The van der Waals surface area contributed by atoms with Crippen LogP contribution in [0.4, 0.5) is 0 Å². The van der Waals surface area contributed by atoms with Gasteiger partial charge in [0.05, 0.1) is 38.8 Å². The Bertz CT molecular complexity index is 3320. The molecule has 0 aliphatic carbocycles. The van der Waals surface area contributed by atoms with Gasteiger partial charge in [-0.05, 0) is 71.5 Å². The summed E-state index contributed by atoms with van der Waals surface area (Å²) in [5, 5.41) is 37.0. The summed E-state index contributed by atoms with van der Waals surface area (Å²) in [5.74, 6) is -1.67. The van der Waals surface area contributed by atoms with Crippen molar-refractivity contribution in [1.82, 2.24) is 27.8 Å². The van der Waals surface area contributed by atoms with Crippen molar-refractivity contribution in [3.8, 4) is 5.69 Å². The Morgan fingerprint density at radius 2 is 1.05 bits per heavy atom. The van der Waals surface area contributed by atoms with E-state index in [1.165, 1.54) is 0 Å². The van der Waals surface area contributed by atoms with Crippen LogP contribution in [-0.4, -0.2) is 67.1 Å². The molecule has 10 rings (SSSR count). The predicted molar refractivity (Wildman–Crippen MR) is 243 cm³/mol. The monoisotopic (exact) mass is 883 g/mol. The fraction of sp³-hybridized carbons (Fsp3) is 0.130. The topological polar surface area (TPSA) is 190 Å². The number of nitrogens with one attached hydrogen (secondary N) is 1. The van der Waals surface area contributed by atoms with E-state index < -0.39 is 19.1 Å². The van der Waals surface area contributed by atoms with Gasteiger partial charge in [0.2, 0.25) is 5.56 Å². The third kappa shape index (κ3) is 9.75. The molecule has 0 amide bonds. The minimum Gasteiger partial charge on any atom is -0.481 e. The number of carbonyl (C=O) groups is 2. The quantitative estimate of drug-likeness (QED) is 0.130. The van der Waals surface area contributed by atoms with E-state index >= 15 is 0 Å². The number of benzene rings is 4. The number of aliphatic carboxylic acids is 2. The van der Waals surface area contributed by atoms with Crippen LogP contribution in [0.3, 0.4) is 0 Å². The number of pyridine rings is 2. The number of hydrogen-bond donors (Lipinski definition) is 5. The Morgan fingerprint density at radius 3 is 1.65 bits per heavy atom. The number of H-pyrrole nitrogens is 1.